The summed E-state index contributed by atoms with van der Waals surface area (Å²) in [4.78, 5) is 39.0. The maximum atomic E-state index is 13.2. The van der Waals surface area contributed by atoms with E-state index in [2.05, 4.69) is 24.4 Å². The van der Waals surface area contributed by atoms with E-state index in [0.29, 0.717) is 19.0 Å². The average molecular weight is 481 g/mol. The number of carbonyl (C=O) groups excluding carboxylic acids is 2. The van der Waals surface area contributed by atoms with Gasteiger partial charge in [-0.1, -0.05) is 55.5 Å². The van der Waals surface area contributed by atoms with Gasteiger partial charge in [0.05, 0.1) is 6.42 Å². The molecule has 3 atom stereocenters. The Kier molecular flexibility index (Phi) is 6.02. The lowest BCUT2D eigenvalue weighted by atomic mass is 9.84. The lowest BCUT2D eigenvalue weighted by molar-refractivity contribution is -0.142. The molecule has 0 radical (unpaired) electrons. The number of thioether (sulfide) groups is 1. The number of hydrogen-bond acceptors (Lipinski definition) is 5. The second-order valence-electron chi connectivity index (χ2n) is 9.71. The molecule has 34 heavy (non-hydrogen) atoms. The van der Waals surface area contributed by atoms with Crippen molar-refractivity contribution >= 4 is 29.7 Å². The number of carboxylic acid groups (broad SMARTS) is 1. The van der Waals surface area contributed by atoms with E-state index in [1.54, 1.807) is 4.90 Å². The molecule has 2 N–H and O–H groups in total. The van der Waals surface area contributed by atoms with Crippen LogP contribution in [0.4, 0.5) is 4.79 Å². The molecule has 2 fully saturated rings. The summed E-state index contributed by atoms with van der Waals surface area (Å²) in [7, 11) is 0. The van der Waals surface area contributed by atoms with Crippen molar-refractivity contribution < 1.29 is 24.2 Å². The second-order valence-corrected chi connectivity index (χ2v) is 10.7. The van der Waals surface area contributed by atoms with Gasteiger partial charge >= 0.3 is 12.1 Å². The number of nitrogens with zero attached hydrogens (tertiary/aromatic N) is 1. The van der Waals surface area contributed by atoms with Crippen molar-refractivity contribution in [2.24, 2.45) is 11.3 Å². The van der Waals surface area contributed by atoms with Crippen LogP contribution in [-0.4, -0.2) is 65.2 Å². The van der Waals surface area contributed by atoms with Crippen molar-refractivity contribution in [3.05, 3.63) is 59.7 Å². The second kappa shape index (κ2) is 8.98. The summed E-state index contributed by atoms with van der Waals surface area (Å²) in [5, 5.41) is 11.9. The number of carbonyl (C=O) groups is 3. The van der Waals surface area contributed by atoms with Crippen LogP contribution in [0.3, 0.4) is 0 Å². The quantitative estimate of drug-likeness (QED) is 0.656. The van der Waals surface area contributed by atoms with Crippen LogP contribution in [0.2, 0.25) is 0 Å². The smallest absolute Gasteiger partial charge is 0.407 e. The van der Waals surface area contributed by atoms with E-state index in [1.165, 1.54) is 0 Å². The van der Waals surface area contributed by atoms with Gasteiger partial charge in [-0.05, 0) is 39.3 Å². The van der Waals surface area contributed by atoms with Gasteiger partial charge in [-0.2, -0.15) is 11.8 Å². The van der Waals surface area contributed by atoms with Crippen molar-refractivity contribution in [2.75, 3.05) is 31.2 Å². The molecule has 0 spiro atoms. The molecule has 2 aromatic carbocycles. The lowest BCUT2D eigenvalue weighted by Gasteiger charge is -2.26. The fourth-order valence-corrected chi connectivity index (χ4v) is 7.22. The first-order valence-electron chi connectivity index (χ1n) is 11.6. The molecule has 3 aliphatic rings. The zero-order chi connectivity index (χ0) is 23.9. The molecule has 7 nitrogen and oxygen atoms in total. The Morgan fingerprint density at radius 3 is 2.41 bits per heavy atom. The summed E-state index contributed by atoms with van der Waals surface area (Å²) in [5.74, 6) is 0.799. The average Bonchev–Trinajstić information content (AvgIpc) is 3.44. The molecule has 0 bridgehead atoms. The van der Waals surface area contributed by atoms with Crippen molar-refractivity contribution in [1.82, 2.24) is 10.2 Å². The van der Waals surface area contributed by atoms with E-state index in [1.807, 2.05) is 48.2 Å². The number of ether oxygens (including phenoxy) is 1. The van der Waals surface area contributed by atoms with Gasteiger partial charge in [0, 0.05) is 24.8 Å². The number of likely N-dealkylation sites (tertiary alicyclic amines) is 1. The van der Waals surface area contributed by atoms with Crippen LogP contribution in [0.15, 0.2) is 48.5 Å². The molecular weight excluding hydrogens is 452 g/mol. The molecule has 1 aliphatic carbocycles. The minimum atomic E-state index is -1.15. The van der Waals surface area contributed by atoms with Crippen molar-refractivity contribution in [3.63, 3.8) is 0 Å². The highest BCUT2D eigenvalue weighted by Gasteiger charge is 2.49. The van der Waals surface area contributed by atoms with Crippen molar-refractivity contribution in [1.29, 1.82) is 0 Å². The number of alkyl carbamates (subject to hydrolysis) is 1. The third kappa shape index (κ3) is 4.15. The third-order valence-corrected chi connectivity index (χ3v) is 8.86. The predicted octanol–water partition coefficient (Wildman–Crippen LogP) is 3.58. The van der Waals surface area contributed by atoms with Gasteiger partial charge < -0.3 is 20.1 Å². The Bertz CT molecular complexity index is 1090. The Morgan fingerprint density at radius 1 is 1.15 bits per heavy atom. The van der Waals surface area contributed by atoms with E-state index in [-0.39, 0.29) is 23.8 Å². The standard InChI is InChI=1S/C26H28N2O5S/c1-26-14-28(11-16(26)13-34-15-26)24(31)22(10-23(29)30)27-25(32)33-12-21-19-8-4-2-6-17(19)18-7-3-5-9-20(18)21/h2-9,16,21-22H,10-15H2,1H3,(H,27,32)(H,29,30). The largest absolute Gasteiger partial charge is 0.481 e. The molecular formula is C26H28N2O5S. The van der Waals surface area contributed by atoms with E-state index >= 15 is 0 Å². The number of benzene rings is 2. The van der Waals surface area contributed by atoms with Crippen LogP contribution in [0.25, 0.3) is 11.1 Å². The Labute approximate surface area is 202 Å². The van der Waals surface area contributed by atoms with E-state index in [9.17, 15) is 19.5 Å². The Balaban J connectivity index is 1.25. The number of carboxylic acids is 1. The molecule has 2 heterocycles. The van der Waals surface area contributed by atoms with Gasteiger partial charge in [0.15, 0.2) is 0 Å². The summed E-state index contributed by atoms with van der Waals surface area (Å²) >= 11 is 1.90. The van der Waals surface area contributed by atoms with Crippen LogP contribution in [-0.2, 0) is 14.3 Å². The third-order valence-electron chi connectivity index (χ3n) is 7.35. The number of fused-ring (bicyclic) bond motifs is 4. The zero-order valence-corrected chi connectivity index (χ0v) is 19.8. The topological polar surface area (TPSA) is 95.9 Å². The zero-order valence-electron chi connectivity index (χ0n) is 19.0. The molecule has 2 saturated heterocycles. The summed E-state index contributed by atoms with van der Waals surface area (Å²) in [5.41, 5.74) is 4.47. The fraction of sp³-hybridized carbons (Fsp3) is 0.423. The van der Waals surface area contributed by atoms with Crippen LogP contribution in [0, 0.1) is 11.3 Å². The van der Waals surface area contributed by atoms with E-state index in [0.717, 1.165) is 33.8 Å². The van der Waals surface area contributed by atoms with E-state index in [4.69, 9.17) is 4.74 Å². The molecule has 178 valence electrons. The number of aliphatic carboxylic acids is 1. The first-order chi connectivity index (χ1) is 16.4. The summed E-state index contributed by atoms with van der Waals surface area (Å²) < 4.78 is 5.54. The first-order valence-corrected chi connectivity index (χ1v) is 12.7. The van der Waals surface area contributed by atoms with Gasteiger partial charge in [0.25, 0.3) is 0 Å². The van der Waals surface area contributed by atoms with Crippen LogP contribution >= 0.6 is 11.8 Å². The van der Waals surface area contributed by atoms with Crippen LogP contribution < -0.4 is 5.32 Å². The van der Waals surface area contributed by atoms with Crippen molar-refractivity contribution in [2.45, 2.75) is 25.3 Å². The SMILES string of the molecule is CC12CSCC1CN(C(=O)C(CC(=O)O)NC(=O)OCC1c3ccccc3-c3ccccc31)C2. The van der Waals surface area contributed by atoms with Crippen LogP contribution in [0.1, 0.15) is 30.4 Å². The highest BCUT2D eigenvalue weighted by molar-refractivity contribution is 7.99. The minimum Gasteiger partial charge on any atom is -0.481 e. The maximum Gasteiger partial charge on any atom is 0.407 e. The molecule has 2 aliphatic heterocycles. The normalized spacial score (nSPS) is 23.7. The summed E-state index contributed by atoms with van der Waals surface area (Å²) in [6.07, 6.45) is -1.25. The minimum absolute atomic E-state index is 0.0534. The molecule has 0 aromatic heterocycles. The van der Waals surface area contributed by atoms with Gasteiger partial charge in [-0.15, -0.1) is 0 Å². The molecule has 0 saturated carbocycles. The first kappa shape index (κ1) is 22.8. The number of amides is 2. The van der Waals surface area contributed by atoms with Gasteiger partial charge in [0.1, 0.15) is 12.6 Å². The van der Waals surface area contributed by atoms with Gasteiger partial charge in [0.2, 0.25) is 5.91 Å². The maximum absolute atomic E-state index is 13.2. The summed E-state index contributed by atoms with van der Waals surface area (Å²) in [6.45, 7) is 3.47. The van der Waals surface area contributed by atoms with Gasteiger partial charge in [-0.3, -0.25) is 9.59 Å². The van der Waals surface area contributed by atoms with Crippen molar-refractivity contribution in [3.8, 4) is 11.1 Å². The predicted molar refractivity (Wildman–Crippen MR) is 130 cm³/mol. The van der Waals surface area contributed by atoms with E-state index < -0.39 is 24.5 Å². The highest BCUT2D eigenvalue weighted by Crippen LogP contribution is 2.46. The molecule has 8 heteroatoms. The molecule has 2 aromatic rings. The highest BCUT2D eigenvalue weighted by atomic mass is 32.2. The Hall–Kier alpha value is -3.00. The lowest BCUT2D eigenvalue weighted by Crippen LogP contribution is -2.49. The molecule has 3 unspecified atom stereocenters. The number of rotatable bonds is 6. The van der Waals surface area contributed by atoms with Gasteiger partial charge in [-0.25, -0.2) is 4.79 Å². The monoisotopic (exact) mass is 480 g/mol. The fourth-order valence-electron chi connectivity index (χ4n) is 5.51. The number of nitrogens with one attached hydrogen (secondary N) is 1. The number of hydrogen-bond donors (Lipinski definition) is 2. The molecule has 2 amide bonds. The Morgan fingerprint density at radius 2 is 1.79 bits per heavy atom. The summed E-state index contributed by atoms with van der Waals surface area (Å²) in [6, 6.07) is 14.9. The van der Waals surface area contributed by atoms with Crippen LogP contribution in [0.5, 0.6) is 0 Å². The molecule has 5 rings (SSSR count).